The number of aromatic nitrogens is 4. The Bertz CT molecular complexity index is 1600. The van der Waals surface area contributed by atoms with Crippen molar-refractivity contribution in [2.45, 2.75) is 33.7 Å². The Morgan fingerprint density at radius 3 is 2.57 bits per heavy atom. The van der Waals surface area contributed by atoms with Gasteiger partial charge in [-0.15, -0.1) is 0 Å². The minimum atomic E-state index is -0.249. The van der Waals surface area contributed by atoms with Crippen molar-refractivity contribution in [2.75, 3.05) is 10.6 Å². The van der Waals surface area contributed by atoms with Crippen LogP contribution in [0.4, 0.5) is 10.8 Å². The summed E-state index contributed by atoms with van der Waals surface area (Å²) in [5.74, 6) is -0.424. The summed E-state index contributed by atoms with van der Waals surface area (Å²) < 4.78 is 2.69. The van der Waals surface area contributed by atoms with Crippen LogP contribution < -0.4 is 10.6 Å². The molecule has 0 spiro atoms. The van der Waals surface area contributed by atoms with Crippen molar-refractivity contribution < 1.29 is 9.59 Å². The summed E-state index contributed by atoms with van der Waals surface area (Å²) in [5, 5.41) is 11.4. The molecule has 3 heterocycles. The Morgan fingerprint density at radius 2 is 1.83 bits per heavy atom. The molecule has 0 saturated carbocycles. The highest BCUT2D eigenvalue weighted by Gasteiger charge is 2.19. The van der Waals surface area contributed by atoms with Gasteiger partial charge < -0.3 is 10.6 Å². The van der Waals surface area contributed by atoms with E-state index in [9.17, 15) is 9.59 Å². The smallest absolute Gasteiger partial charge is 0.256 e. The summed E-state index contributed by atoms with van der Waals surface area (Å²) in [6.07, 6.45) is 1.70. The zero-order valence-electron chi connectivity index (χ0n) is 19.8. The number of nitrogens with zero attached hydrogens (tertiary/aromatic N) is 4. The SMILES string of the molecule is CC(=O)Nc1nc2ccc(NC(=O)c3cc(-c4ccccc4C)nc4c3cnn4C(C)C)cc2s1. The number of anilines is 2. The molecule has 3 aromatic heterocycles. The number of aryl methyl sites for hydroxylation is 1. The van der Waals surface area contributed by atoms with Crippen LogP contribution in [0, 0.1) is 6.92 Å². The van der Waals surface area contributed by atoms with Gasteiger partial charge in [0, 0.05) is 24.2 Å². The lowest BCUT2D eigenvalue weighted by Gasteiger charge is -2.12. The molecule has 2 aromatic carbocycles. The first-order valence-corrected chi connectivity index (χ1v) is 12.1. The molecule has 5 rings (SSSR count). The average Bonchev–Trinajstić information content (AvgIpc) is 3.41. The Labute approximate surface area is 206 Å². The molecule has 35 heavy (non-hydrogen) atoms. The van der Waals surface area contributed by atoms with Crippen molar-refractivity contribution in [3.63, 3.8) is 0 Å². The molecule has 0 bridgehead atoms. The van der Waals surface area contributed by atoms with Crippen molar-refractivity contribution in [3.8, 4) is 11.3 Å². The van der Waals surface area contributed by atoms with E-state index in [1.165, 1.54) is 18.3 Å². The molecule has 2 amide bonds. The van der Waals surface area contributed by atoms with Gasteiger partial charge in [0.05, 0.1) is 33.1 Å². The van der Waals surface area contributed by atoms with E-state index in [2.05, 4.69) is 20.7 Å². The van der Waals surface area contributed by atoms with Crippen LogP contribution in [0.1, 0.15) is 42.7 Å². The van der Waals surface area contributed by atoms with Gasteiger partial charge in [0.15, 0.2) is 10.8 Å². The summed E-state index contributed by atoms with van der Waals surface area (Å²) in [6, 6.07) is 15.4. The van der Waals surface area contributed by atoms with Crippen molar-refractivity contribution in [3.05, 3.63) is 65.9 Å². The van der Waals surface area contributed by atoms with E-state index in [1.54, 1.807) is 12.3 Å². The molecule has 0 atom stereocenters. The van der Waals surface area contributed by atoms with Gasteiger partial charge in [-0.25, -0.2) is 14.6 Å². The van der Waals surface area contributed by atoms with E-state index in [0.29, 0.717) is 27.4 Å². The number of hydrogen-bond acceptors (Lipinski definition) is 6. The lowest BCUT2D eigenvalue weighted by atomic mass is 10.0. The maximum atomic E-state index is 13.5. The maximum absolute atomic E-state index is 13.5. The zero-order valence-corrected chi connectivity index (χ0v) is 20.6. The number of benzene rings is 2. The molecule has 0 aliphatic rings. The monoisotopic (exact) mass is 484 g/mol. The average molecular weight is 485 g/mol. The molecular weight excluding hydrogens is 460 g/mol. The number of amides is 2. The summed E-state index contributed by atoms with van der Waals surface area (Å²) in [5.41, 5.74) is 5.33. The van der Waals surface area contributed by atoms with Crippen molar-refractivity contribution >= 4 is 55.2 Å². The van der Waals surface area contributed by atoms with Crippen LogP contribution >= 0.6 is 11.3 Å². The summed E-state index contributed by atoms with van der Waals surface area (Å²) in [6.45, 7) is 7.54. The first kappa shape index (κ1) is 22.7. The highest BCUT2D eigenvalue weighted by Crippen LogP contribution is 2.31. The van der Waals surface area contributed by atoms with Crippen LogP contribution in [-0.4, -0.2) is 31.6 Å². The van der Waals surface area contributed by atoms with Crippen LogP contribution in [0.5, 0.6) is 0 Å². The third-order valence-electron chi connectivity index (χ3n) is 5.65. The Hall–Kier alpha value is -4.11. The van der Waals surface area contributed by atoms with Gasteiger partial charge in [0.2, 0.25) is 5.91 Å². The second-order valence-corrected chi connectivity index (χ2v) is 9.66. The fraction of sp³-hybridized carbons (Fsp3) is 0.192. The second-order valence-electron chi connectivity index (χ2n) is 8.63. The summed E-state index contributed by atoms with van der Waals surface area (Å²) >= 11 is 1.36. The Kier molecular flexibility index (Phi) is 5.78. The Balaban J connectivity index is 1.56. The molecule has 0 fully saturated rings. The molecular formula is C26H24N6O2S. The van der Waals surface area contributed by atoms with Crippen molar-refractivity contribution in [1.29, 1.82) is 0 Å². The molecule has 0 unspecified atom stereocenters. The van der Waals surface area contributed by atoms with Gasteiger partial charge >= 0.3 is 0 Å². The lowest BCUT2D eigenvalue weighted by Crippen LogP contribution is -2.13. The number of pyridine rings is 1. The van der Waals surface area contributed by atoms with Gasteiger partial charge in [-0.05, 0) is 50.6 Å². The fourth-order valence-corrected chi connectivity index (χ4v) is 4.94. The van der Waals surface area contributed by atoms with Crippen LogP contribution in [0.3, 0.4) is 0 Å². The molecule has 0 aliphatic carbocycles. The fourth-order valence-electron chi connectivity index (χ4n) is 3.99. The number of nitrogens with one attached hydrogen (secondary N) is 2. The van der Waals surface area contributed by atoms with Crippen LogP contribution in [-0.2, 0) is 4.79 Å². The first-order valence-electron chi connectivity index (χ1n) is 11.2. The van der Waals surface area contributed by atoms with Gasteiger partial charge in [0.1, 0.15) is 0 Å². The van der Waals surface area contributed by atoms with E-state index in [0.717, 1.165) is 27.0 Å². The molecule has 2 N–H and O–H groups in total. The standard InChI is InChI=1S/C26H24N6O2S/c1-14(2)32-24-20(13-27-32)19(12-22(30-24)18-8-6-5-7-15(18)3)25(34)29-17-9-10-21-23(11-17)35-26(31-21)28-16(4)33/h5-14H,1-4H3,(H,29,34)(H,28,31,33). The largest absolute Gasteiger partial charge is 0.322 e. The molecule has 8 nitrogen and oxygen atoms in total. The van der Waals surface area contributed by atoms with E-state index >= 15 is 0 Å². The van der Waals surface area contributed by atoms with Gasteiger partial charge in [-0.1, -0.05) is 35.6 Å². The highest BCUT2D eigenvalue weighted by atomic mass is 32.1. The highest BCUT2D eigenvalue weighted by molar-refractivity contribution is 7.22. The van der Waals surface area contributed by atoms with Crippen molar-refractivity contribution in [2.24, 2.45) is 0 Å². The molecule has 176 valence electrons. The number of carbonyl (C=O) groups excluding carboxylic acids is 2. The van der Waals surface area contributed by atoms with E-state index in [1.807, 2.05) is 67.9 Å². The Morgan fingerprint density at radius 1 is 1.03 bits per heavy atom. The minimum Gasteiger partial charge on any atom is -0.322 e. The number of rotatable bonds is 5. The topological polar surface area (TPSA) is 102 Å². The quantitative estimate of drug-likeness (QED) is 0.328. The van der Waals surface area contributed by atoms with Crippen LogP contribution in [0.2, 0.25) is 0 Å². The number of hydrogen-bond donors (Lipinski definition) is 2. The van der Waals surface area contributed by atoms with Crippen LogP contribution in [0.15, 0.2) is 54.7 Å². The van der Waals surface area contributed by atoms with Gasteiger partial charge in [0.25, 0.3) is 5.91 Å². The zero-order chi connectivity index (χ0) is 24.7. The maximum Gasteiger partial charge on any atom is 0.256 e. The second kappa shape index (κ2) is 8.92. The van der Waals surface area contributed by atoms with E-state index < -0.39 is 0 Å². The van der Waals surface area contributed by atoms with Gasteiger partial charge in [-0.2, -0.15) is 5.10 Å². The molecule has 9 heteroatoms. The van der Waals surface area contributed by atoms with Crippen LogP contribution in [0.25, 0.3) is 32.5 Å². The number of thiazole rings is 1. The molecule has 0 aliphatic heterocycles. The third-order valence-corrected chi connectivity index (χ3v) is 6.58. The normalized spacial score (nSPS) is 11.3. The molecule has 5 aromatic rings. The minimum absolute atomic E-state index is 0.0922. The first-order chi connectivity index (χ1) is 16.8. The number of fused-ring (bicyclic) bond motifs is 2. The summed E-state index contributed by atoms with van der Waals surface area (Å²) in [7, 11) is 0. The predicted molar refractivity (Wildman–Crippen MR) is 140 cm³/mol. The van der Waals surface area contributed by atoms with Crippen molar-refractivity contribution in [1.82, 2.24) is 19.7 Å². The number of carbonyl (C=O) groups is 2. The van der Waals surface area contributed by atoms with E-state index in [-0.39, 0.29) is 17.9 Å². The lowest BCUT2D eigenvalue weighted by molar-refractivity contribution is -0.114. The molecule has 0 saturated heterocycles. The predicted octanol–water partition coefficient (Wildman–Crippen LogP) is 5.81. The van der Waals surface area contributed by atoms with Gasteiger partial charge in [-0.3, -0.25) is 9.59 Å². The third kappa shape index (κ3) is 4.38. The molecule has 0 radical (unpaired) electrons. The summed E-state index contributed by atoms with van der Waals surface area (Å²) in [4.78, 5) is 34.1. The van der Waals surface area contributed by atoms with E-state index in [4.69, 9.17) is 4.98 Å².